The first-order chi connectivity index (χ1) is 8.58. The number of hydrogen-bond acceptors (Lipinski definition) is 4. The van der Waals surface area contributed by atoms with E-state index in [4.69, 9.17) is 10.8 Å². The van der Waals surface area contributed by atoms with Crippen LogP contribution >= 0.6 is 0 Å². The van der Waals surface area contributed by atoms with Gasteiger partial charge in [0, 0.05) is 6.54 Å². The van der Waals surface area contributed by atoms with Gasteiger partial charge in [-0.1, -0.05) is 5.21 Å². The number of aromatic nitrogens is 3. The summed E-state index contributed by atoms with van der Waals surface area (Å²) < 4.78 is 1.51. The Balaban J connectivity index is 2.25. The van der Waals surface area contributed by atoms with Gasteiger partial charge in [0.2, 0.25) is 0 Å². The zero-order valence-electron chi connectivity index (χ0n) is 9.33. The van der Waals surface area contributed by atoms with E-state index in [1.165, 1.54) is 16.8 Å². The molecule has 0 spiro atoms. The van der Waals surface area contributed by atoms with Gasteiger partial charge in [0.15, 0.2) is 0 Å². The van der Waals surface area contributed by atoms with Crippen molar-refractivity contribution in [1.29, 1.82) is 0 Å². The maximum absolute atomic E-state index is 10.9. The van der Waals surface area contributed by atoms with E-state index in [-0.39, 0.29) is 5.56 Å². The third-order valence-electron chi connectivity index (χ3n) is 2.38. The largest absolute Gasteiger partial charge is 0.478 e. The molecule has 0 saturated heterocycles. The number of nitrogens with two attached hydrogens (primary N) is 1. The molecule has 8 nitrogen and oxygen atoms in total. The summed E-state index contributed by atoms with van der Waals surface area (Å²) in [6.45, 7) is 0.660. The number of carbonyl (C=O) groups excluding carboxylic acids is 1. The van der Waals surface area contributed by atoms with Crippen molar-refractivity contribution in [3.05, 3.63) is 23.8 Å². The number of carboxylic acid groups (broad SMARTS) is 1. The van der Waals surface area contributed by atoms with E-state index in [2.05, 4.69) is 15.6 Å². The number of benzene rings is 1. The van der Waals surface area contributed by atoms with E-state index in [9.17, 15) is 9.59 Å². The lowest BCUT2D eigenvalue weighted by molar-refractivity contribution is 0.0697. The van der Waals surface area contributed by atoms with E-state index in [0.717, 1.165) is 0 Å². The molecule has 1 aromatic heterocycles. The Morgan fingerprint density at radius 3 is 2.89 bits per heavy atom. The van der Waals surface area contributed by atoms with Crippen LogP contribution in [0, 0.1) is 0 Å². The van der Waals surface area contributed by atoms with Crippen molar-refractivity contribution < 1.29 is 14.7 Å². The van der Waals surface area contributed by atoms with Crippen LogP contribution in [0.1, 0.15) is 10.4 Å². The van der Waals surface area contributed by atoms with Gasteiger partial charge in [-0.2, -0.15) is 0 Å². The molecule has 2 amide bonds. The van der Waals surface area contributed by atoms with E-state index in [1.807, 2.05) is 0 Å². The van der Waals surface area contributed by atoms with E-state index >= 15 is 0 Å². The zero-order valence-corrected chi connectivity index (χ0v) is 9.33. The van der Waals surface area contributed by atoms with Crippen molar-refractivity contribution >= 4 is 23.0 Å². The van der Waals surface area contributed by atoms with Crippen LogP contribution in [-0.2, 0) is 6.54 Å². The fourth-order valence-corrected chi connectivity index (χ4v) is 1.55. The smallest absolute Gasteiger partial charge is 0.335 e. The molecular weight excluding hydrogens is 238 g/mol. The second-order valence-corrected chi connectivity index (χ2v) is 3.61. The predicted molar refractivity (Wildman–Crippen MR) is 62.1 cm³/mol. The number of aromatic carboxylic acids is 1. The summed E-state index contributed by atoms with van der Waals surface area (Å²) in [5.41, 5.74) is 6.29. The van der Waals surface area contributed by atoms with Crippen molar-refractivity contribution in [2.75, 3.05) is 6.54 Å². The number of fused-ring (bicyclic) bond motifs is 1. The molecule has 1 heterocycles. The Labute approximate surface area is 101 Å². The molecule has 0 bridgehead atoms. The molecule has 2 aromatic rings. The van der Waals surface area contributed by atoms with Gasteiger partial charge >= 0.3 is 12.0 Å². The fraction of sp³-hybridized carbons (Fsp3) is 0.200. The van der Waals surface area contributed by atoms with Crippen molar-refractivity contribution in [1.82, 2.24) is 20.3 Å². The Kier molecular flexibility index (Phi) is 3.09. The van der Waals surface area contributed by atoms with E-state index in [0.29, 0.717) is 24.1 Å². The van der Waals surface area contributed by atoms with Crippen LogP contribution in [-0.4, -0.2) is 38.6 Å². The van der Waals surface area contributed by atoms with Crippen LogP contribution in [0.2, 0.25) is 0 Å². The minimum atomic E-state index is -1.01. The van der Waals surface area contributed by atoms with Gasteiger partial charge in [-0.25, -0.2) is 14.3 Å². The molecule has 0 aliphatic rings. The summed E-state index contributed by atoms with van der Waals surface area (Å²) >= 11 is 0. The number of carboxylic acids is 1. The molecule has 18 heavy (non-hydrogen) atoms. The highest BCUT2D eigenvalue weighted by molar-refractivity contribution is 5.92. The first kappa shape index (κ1) is 11.8. The number of hydrogen-bond donors (Lipinski definition) is 3. The molecule has 8 heteroatoms. The molecule has 94 valence electrons. The van der Waals surface area contributed by atoms with Crippen LogP contribution in [0.3, 0.4) is 0 Å². The van der Waals surface area contributed by atoms with E-state index in [1.54, 1.807) is 6.07 Å². The van der Waals surface area contributed by atoms with Gasteiger partial charge in [0.05, 0.1) is 17.6 Å². The maximum atomic E-state index is 10.9. The minimum Gasteiger partial charge on any atom is -0.478 e. The van der Waals surface area contributed by atoms with Gasteiger partial charge in [0.25, 0.3) is 0 Å². The molecular formula is C10H11N5O3. The molecule has 0 fully saturated rings. The summed E-state index contributed by atoms with van der Waals surface area (Å²) in [5.74, 6) is -1.01. The highest BCUT2D eigenvalue weighted by Gasteiger charge is 2.09. The molecule has 0 unspecified atom stereocenters. The highest BCUT2D eigenvalue weighted by atomic mass is 16.4. The normalized spacial score (nSPS) is 10.4. The van der Waals surface area contributed by atoms with Crippen molar-refractivity contribution in [3.8, 4) is 0 Å². The SMILES string of the molecule is NC(=O)NCCn1nnc2ccc(C(=O)O)cc21. The Hall–Kier alpha value is -2.64. The molecule has 0 aliphatic carbocycles. The van der Waals surface area contributed by atoms with Crippen molar-refractivity contribution in [2.45, 2.75) is 6.54 Å². The van der Waals surface area contributed by atoms with E-state index < -0.39 is 12.0 Å². The van der Waals surface area contributed by atoms with Gasteiger partial charge in [-0.3, -0.25) is 0 Å². The molecule has 4 N–H and O–H groups in total. The predicted octanol–water partition coefficient (Wildman–Crippen LogP) is -0.202. The van der Waals surface area contributed by atoms with Crippen LogP contribution in [0.15, 0.2) is 18.2 Å². The van der Waals surface area contributed by atoms with Crippen LogP contribution in [0.4, 0.5) is 4.79 Å². The number of rotatable bonds is 4. The number of primary amides is 1. The summed E-state index contributed by atoms with van der Waals surface area (Å²) in [6.07, 6.45) is 0. The molecule has 0 aliphatic heterocycles. The third-order valence-corrected chi connectivity index (χ3v) is 2.38. The first-order valence-corrected chi connectivity index (χ1v) is 5.18. The minimum absolute atomic E-state index is 0.161. The van der Waals surface area contributed by atoms with Crippen molar-refractivity contribution in [3.63, 3.8) is 0 Å². The lowest BCUT2D eigenvalue weighted by atomic mass is 10.2. The standard InChI is InChI=1S/C10H11N5O3/c11-10(18)12-3-4-15-8-5-6(9(16)17)1-2-7(8)13-14-15/h1-2,5H,3-4H2,(H,16,17)(H3,11,12,18). The second-order valence-electron chi connectivity index (χ2n) is 3.61. The van der Waals surface area contributed by atoms with Crippen LogP contribution in [0.5, 0.6) is 0 Å². The van der Waals surface area contributed by atoms with Crippen molar-refractivity contribution in [2.24, 2.45) is 5.73 Å². The average Bonchev–Trinajstić information content (AvgIpc) is 2.71. The molecule has 0 saturated carbocycles. The summed E-state index contributed by atoms with van der Waals surface area (Å²) in [4.78, 5) is 21.4. The number of nitrogens with one attached hydrogen (secondary N) is 1. The molecule has 0 atom stereocenters. The highest BCUT2D eigenvalue weighted by Crippen LogP contribution is 2.13. The number of urea groups is 1. The zero-order chi connectivity index (χ0) is 13.1. The summed E-state index contributed by atoms with van der Waals surface area (Å²) in [5, 5.41) is 19.1. The van der Waals surface area contributed by atoms with Gasteiger partial charge in [-0.15, -0.1) is 5.10 Å². The lowest BCUT2D eigenvalue weighted by Crippen LogP contribution is -2.32. The first-order valence-electron chi connectivity index (χ1n) is 5.18. The Bertz CT molecular complexity index is 607. The third kappa shape index (κ3) is 2.37. The number of amides is 2. The number of nitrogens with zero attached hydrogens (tertiary/aromatic N) is 3. The number of carbonyl (C=O) groups is 2. The second kappa shape index (κ2) is 4.70. The van der Waals surface area contributed by atoms with Gasteiger partial charge < -0.3 is 16.2 Å². The summed E-state index contributed by atoms with van der Waals surface area (Å²) in [7, 11) is 0. The molecule has 1 aromatic carbocycles. The topological polar surface area (TPSA) is 123 Å². The van der Waals surface area contributed by atoms with Gasteiger partial charge in [0.1, 0.15) is 5.52 Å². The Morgan fingerprint density at radius 2 is 2.22 bits per heavy atom. The molecule has 2 rings (SSSR count). The fourth-order valence-electron chi connectivity index (χ4n) is 1.55. The van der Waals surface area contributed by atoms with Crippen LogP contribution in [0.25, 0.3) is 11.0 Å². The molecule has 0 radical (unpaired) electrons. The average molecular weight is 249 g/mol. The lowest BCUT2D eigenvalue weighted by Gasteiger charge is -2.03. The van der Waals surface area contributed by atoms with Crippen LogP contribution < -0.4 is 11.1 Å². The monoisotopic (exact) mass is 249 g/mol. The quantitative estimate of drug-likeness (QED) is 0.692. The Morgan fingerprint density at radius 1 is 1.44 bits per heavy atom. The summed E-state index contributed by atoms with van der Waals surface area (Å²) in [6, 6.07) is 3.92. The van der Waals surface area contributed by atoms with Gasteiger partial charge in [-0.05, 0) is 18.2 Å². The maximum Gasteiger partial charge on any atom is 0.335 e.